The van der Waals surface area contributed by atoms with Gasteiger partial charge in [0.2, 0.25) is 0 Å². The summed E-state index contributed by atoms with van der Waals surface area (Å²) in [6.07, 6.45) is 1.29. The van der Waals surface area contributed by atoms with Crippen molar-refractivity contribution in [1.29, 1.82) is 0 Å². The van der Waals surface area contributed by atoms with E-state index in [1.54, 1.807) is 0 Å². The second kappa shape index (κ2) is 7.45. The van der Waals surface area contributed by atoms with Gasteiger partial charge in [0.05, 0.1) is 4.58 Å². The van der Waals surface area contributed by atoms with E-state index in [0.29, 0.717) is 10.1 Å². The SMILES string of the molecule is Cc1ccc(NC(=O)c2ccc(C3SCCCS3)cc2)cc1C. The maximum Gasteiger partial charge on any atom is 0.255 e. The highest BCUT2D eigenvalue weighted by atomic mass is 32.2. The van der Waals surface area contributed by atoms with Gasteiger partial charge in [-0.25, -0.2) is 0 Å². The zero-order valence-electron chi connectivity index (χ0n) is 13.5. The first-order valence-electron chi connectivity index (χ1n) is 7.85. The van der Waals surface area contributed by atoms with Crippen LogP contribution in [0.3, 0.4) is 0 Å². The van der Waals surface area contributed by atoms with Crippen molar-refractivity contribution in [1.82, 2.24) is 0 Å². The number of rotatable bonds is 3. The third-order valence-electron chi connectivity index (χ3n) is 4.04. The van der Waals surface area contributed by atoms with Gasteiger partial charge in [-0.1, -0.05) is 18.2 Å². The highest BCUT2D eigenvalue weighted by molar-refractivity contribution is 8.16. The fraction of sp³-hybridized carbons (Fsp3) is 0.316. The van der Waals surface area contributed by atoms with Crippen molar-refractivity contribution < 1.29 is 4.79 Å². The normalized spacial score (nSPS) is 15.4. The van der Waals surface area contributed by atoms with Gasteiger partial charge in [0.1, 0.15) is 0 Å². The molecule has 120 valence electrons. The molecule has 0 bridgehead atoms. The van der Waals surface area contributed by atoms with Crippen LogP contribution in [0.2, 0.25) is 0 Å². The topological polar surface area (TPSA) is 29.1 Å². The van der Waals surface area contributed by atoms with Crippen LogP contribution in [0.15, 0.2) is 42.5 Å². The van der Waals surface area contributed by atoms with Gasteiger partial charge in [0.15, 0.2) is 0 Å². The minimum Gasteiger partial charge on any atom is -0.322 e. The monoisotopic (exact) mass is 343 g/mol. The average Bonchev–Trinajstić information content (AvgIpc) is 2.59. The van der Waals surface area contributed by atoms with Crippen LogP contribution in [0.25, 0.3) is 0 Å². The van der Waals surface area contributed by atoms with Gasteiger partial charge in [-0.15, -0.1) is 23.5 Å². The fourth-order valence-electron chi connectivity index (χ4n) is 2.49. The molecule has 1 fully saturated rings. The molecule has 4 heteroatoms. The van der Waals surface area contributed by atoms with Gasteiger partial charge in [-0.05, 0) is 72.7 Å². The zero-order chi connectivity index (χ0) is 16.2. The maximum atomic E-state index is 12.4. The van der Waals surface area contributed by atoms with Crippen LogP contribution >= 0.6 is 23.5 Å². The number of hydrogen-bond acceptors (Lipinski definition) is 3. The predicted molar refractivity (Wildman–Crippen MR) is 103 cm³/mol. The van der Waals surface area contributed by atoms with Crippen LogP contribution in [0.1, 0.15) is 38.1 Å². The van der Waals surface area contributed by atoms with E-state index in [0.717, 1.165) is 5.69 Å². The van der Waals surface area contributed by atoms with Crippen LogP contribution in [-0.2, 0) is 0 Å². The number of hydrogen-bond donors (Lipinski definition) is 1. The minimum absolute atomic E-state index is 0.0521. The van der Waals surface area contributed by atoms with E-state index in [1.165, 1.54) is 34.6 Å². The Hall–Kier alpha value is -1.39. The minimum atomic E-state index is -0.0521. The molecule has 0 unspecified atom stereocenters. The second-order valence-corrected chi connectivity index (χ2v) is 8.53. The molecule has 2 aromatic rings. The average molecular weight is 344 g/mol. The molecule has 1 saturated heterocycles. The van der Waals surface area contributed by atoms with Crippen molar-refractivity contribution in [2.24, 2.45) is 0 Å². The first kappa shape index (κ1) is 16.5. The Balaban J connectivity index is 1.68. The first-order chi connectivity index (χ1) is 11.1. The van der Waals surface area contributed by atoms with Crippen LogP contribution < -0.4 is 5.32 Å². The summed E-state index contributed by atoms with van der Waals surface area (Å²) in [5, 5.41) is 2.98. The van der Waals surface area contributed by atoms with Crippen LogP contribution in [0.5, 0.6) is 0 Å². The summed E-state index contributed by atoms with van der Waals surface area (Å²) in [6.45, 7) is 4.13. The predicted octanol–water partition coefficient (Wildman–Crippen LogP) is 5.42. The lowest BCUT2D eigenvalue weighted by Gasteiger charge is -2.21. The van der Waals surface area contributed by atoms with Crippen molar-refractivity contribution in [2.45, 2.75) is 24.9 Å². The zero-order valence-corrected chi connectivity index (χ0v) is 15.1. The Morgan fingerprint density at radius 1 is 1.00 bits per heavy atom. The van der Waals surface area contributed by atoms with Crippen LogP contribution in [0, 0.1) is 13.8 Å². The summed E-state index contributed by atoms with van der Waals surface area (Å²) in [5.74, 6) is 2.41. The van der Waals surface area contributed by atoms with E-state index in [9.17, 15) is 4.79 Å². The molecule has 0 aliphatic carbocycles. The summed E-state index contributed by atoms with van der Waals surface area (Å²) < 4.78 is 0.514. The van der Waals surface area contributed by atoms with Gasteiger partial charge in [-0.3, -0.25) is 4.79 Å². The number of thioether (sulfide) groups is 2. The summed E-state index contributed by atoms with van der Waals surface area (Å²) in [7, 11) is 0. The van der Waals surface area contributed by atoms with Gasteiger partial charge in [0.25, 0.3) is 5.91 Å². The van der Waals surface area contributed by atoms with Gasteiger partial charge >= 0.3 is 0 Å². The molecule has 0 atom stereocenters. The molecule has 1 N–H and O–H groups in total. The fourth-order valence-corrected chi connectivity index (χ4v) is 5.39. The molecule has 1 aliphatic rings. The summed E-state index contributed by atoms with van der Waals surface area (Å²) in [5.41, 5.74) is 5.28. The number of amides is 1. The second-order valence-electron chi connectivity index (χ2n) is 5.80. The van der Waals surface area contributed by atoms with E-state index >= 15 is 0 Å². The molecular weight excluding hydrogens is 322 g/mol. The summed E-state index contributed by atoms with van der Waals surface area (Å²) in [6, 6.07) is 14.0. The lowest BCUT2D eigenvalue weighted by molar-refractivity contribution is 0.102. The highest BCUT2D eigenvalue weighted by Gasteiger charge is 2.17. The molecule has 2 aromatic carbocycles. The molecule has 0 aromatic heterocycles. The third kappa shape index (κ3) is 4.12. The van der Waals surface area contributed by atoms with Crippen LogP contribution in [-0.4, -0.2) is 17.4 Å². The van der Waals surface area contributed by atoms with Gasteiger partial charge in [-0.2, -0.15) is 0 Å². The van der Waals surface area contributed by atoms with E-state index < -0.39 is 0 Å². The van der Waals surface area contributed by atoms with Gasteiger partial charge in [0, 0.05) is 11.3 Å². The smallest absolute Gasteiger partial charge is 0.255 e. The maximum absolute atomic E-state index is 12.4. The van der Waals surface area contributed by atoms with Crippen molar-refractivity contribution in [3.63, 3.8) is 0 Å². The van der Waals surface area contributed by atoms with Crippen LogP contribution in [0.4, 0.5) is 5.69 Å². The number of benzene rings is 2. The molecule has 1 amide bonds. The van der Waals surface area contributed by atoms with E-state index in [2.05, 4.69) is 31.3 Å². The molecule has 0 spiro atoms. The Bertz CT molecular complexity index is 691. The lowest BCUT2D eigenvalue weighted by atomic mass is 10.1. The Kier molecular flexibility index (Phi) is 5.34. The number of carbonyl (C=O) groups excluding carboxylic acids is 1. The van der Waals surface area contributed by atoms with E-state index in [1.807, 2.05) is 53.9 Å². The molecule has 3 rings (SSSR count). The van der Waals surface area contributed by atoms with Crippen molar-refractivity contribution in [3.8, 4) is 0 Å². The molecule has 1 heterocycles. The lowest BCUT2D eigenvalue weighted by Crippen LogP contribution is -2.12. The van der Waals surface area contributed by atoms with Gasteiger partial charge < -0.3 is 5.32 Å². The summed E-state index contributed by atoms with van der Waals surface area (Å²) >= 11 is 4.00. The molecule has 2 nitrogen and oxygen atoms in total. The quantitative estimate of drug-likeness (QED) is 0.806. The number of nitrogens with one attached hydrogen (secondary N) is 1. The Morgan fingerprint density at radius 2 is 1.70 bits per heavy atom. The molecule has 1 aliphatic heterocycles. The Labute approximate surface area is 146 Å². The molecule has 0 radical (unpaired) electrons. The largest absolute Gasteiger partial charge is 0.322 e. The summed E-state index contributed by atoms with van der Waals surface area (Å²) in [4.78, 5) is 12.4. The highest BCUT2D eigenvalue weighted by Crippen LogP contribution is 2.43. The first-order valence-corrected chi connectivity index (χ1v) is 9.95. The molecule has 23 heavy (non-hydrogen) atoms. The Morgan fingerprint density at radius 3 is 2.35 bits per heavy atom. The number of carbonyl (C=O) groups is 1. The number of aryl methyl sites for hydroxylation is 2. The van der Waals surface area contributed by atoms with E-state index in [-0.39, 0.29) is 5.91 Å². The van der Waals surface area contributed by atoms with E-state index in [4.69, 9.17) is 0 Å². The standard InChI is InChI=1S/C19H21NOS2/c1-13-4-9-17(12-14(13)2)20-18(21)15-5-7-16(8-6-15)19-22-10-3-11-23-19/h4-9,12,19H,3,10-11H2,1-2H3,(H,20,21). The number of anilines is 1. The third-order valence-corrected chi connectivity index (χ3v) is 7.05. The molecule has 0 saturated carbocycles. The van der Waals surface area contributed by atoms with Crippen molar-refractivity contribution in [2.75, 3.05) is 16.8 Å². The van der Waals surface area contributed by atoms with Crippen molar-refractivity contribution in [3.05, 3.63) is 64.7 Å². The molecular formula is C19H21NOS2. The van der Waals surface area contributed by atoms with Crippen molar-refractivity contribution >= 4 is 35.1 Å².